The van der Waals surface area contributed by atoms with Crippen molar-refractivity contribution in [2.45, 2.75) is 19.5 Å². The van der Waals surface area contributed by atoms with Crippen molar-refractivity contribution in [2.24, 2.45) is 0 Å². The maximum absolute atomic E-state index is 13.6. The summed E-state index contributed by atoms with van der Waals surface area (Å²) < 4.78 is 51.5. The first-order chi connectivity index (χ1) is 10.2. The molecule has 0 bridgehead atoms. The van der Waals surface area contributed by atoms with E-state index in [4.69, 9.17) is 0 Å². The summed E-state index contributed by atoms with van der Waals surface area (Å²) in [5.74, 6) is -0.929. The molecule has 7 heteroatoms. The van der Waals surface area contributed by atoms with Crippen molar-refractivity contribution in [3.63, 3.8) is 0 Å². The third-order valence-corrected chi connectivity index (χ3v) is 3.41. The molecular formula is C15H14F4N2O. The second-order valence-electron chi connectivity index (χ2n) is 4.89. The Bertz CT molecular complexity index is 649. The van der Waals surface area contributed by atoms with Crippen molar-refractivity contribution >= 4 is 11.7 Å². The maximum Gasteiger partial charge on any atom is 0.416 e. The van der Waals surface area contributed by atoms with Gasteiger partial charge >= 0.3 is 12.2 Å². The van der Waals surface area contributed by atoms with Gasteiger partial charge in [0.05, 0.1) is 11.3 Å². The molecule has 2 rings (SSSR count). The highest BCUT2D eigenvalue weighted by atomic mass is 19.4. The second-order valence-corrected chi connectivity index (χ2v) is 4.89. The Morgan fingerprint density at radius 3 is 2.68 bits per heavy atom. The zero-order chi connectivity index (χ0) is 16.5. The Hall–Kier alpha value is -2.31. The first kappa shape index (κ1) is 16.1. The van der Waals surface area contributed by atoms with Crippen LogP contribution < -0.4 is 5.32 Å². The van der Waals surface area contributed by atoms with E-state index in [-0.39, 0.29) is 0 Å². The molecule has 1 aromatic rings. The molecule has 0 aliphatic carbocycles. The van der Waals surface area contributed by atoms with E-state index in [2.05, 4.69) is 11.9 Å². The van der Waals surface area contributed by atoms with Crippen LogP contribution in [0.1, 0.15) is 18.9 Å². The standard InChI is InChI=1S/C15H14F4N2O/c1-3-13-9(2)6-7-21(13)14(22)20-12-8-10(15(17,18)19)4-5-11(12)16/h3-5,8H,1,6-7H2,2H3,(H,20,22). The second kappa shape index (κ2) is 5.82. The van der Waals surface area contributed by atoms with Crippen LogP contribution in [0.4, 0.5) is 28.0 Å². The predicted molar refractivity (Wildman–Crippen MR) is 74.6 cm³/mol. The summed E-state index contributed by atoms with van der Waals surface area (Å²) in [5, 5.41) is 2.18. The number of carbonyl (C=O) groups excluding carboxylic acids is 1. The lowest BCUT2D eigenvalue weighted by Crippen LogP contribution is -2.32. The summed E-state index contributed by atoms with van der Waals surface area (Å²) in [6.07, 6.45) is -2.48. The Morgan fingerprint density at radius 1 is 1.41 bits per heavy atom. The average molecular weight is 314 g/mol. The number of nitrogens with zero attached hydrogens (tertiary/aromatic N) is 1. The predicted octanol–water partition coefficient (Wildman–Crippen LogP) is 4.54. The highest BCUT2D eigenvalue weighted by molar-refractivity contribution is 5.91. The molecule has 118 valence electrons. The van der Waals surface area contributed by atoms with Gasteiger partial charge in [0.1, 0.15) is 5.82 Å². The number of hydrogen-bond acceptors (Lipinski definition) is 1. The monoisotopic (exact) mass is 314 g/mol. The van der Waals surface area contributed by atoms with E-state index < -0.39 is 29.3 Å². The van der Waals surface area contributed by atoms with Crippen LogP contribution in [0.5, 0.6) is 0 Å². The van der Waals surface area contributed by atoms with Gasteiger partial charge < -0.3 is 5.32 Å². The minimum Gasteiger partial charge on any atom is -0.305 e. The van der Waals surface area contributed by atoms with Crippen LogP contribution in [-0.2, 0) is 6.18 Å². The number of allylic oxidation sites excluding steroid dienone is 1. The third kappa shape index (κ3) is 3.13. The fourth-order valence-corrected chi connectivity index (χ4v) is 2.23. The number of amides is 2. The van der Waals surface area contributed by atoms with E-state index in [0.717, 1.165) is 5.57 Å². The SMILES string of the molecule is C=CC1=C(C)CCN1C(=O)Nc1cc(C(F)(F)F)ccc1F. The molecule has 2 amide bonds. The molecule has 0 fully saturated rings. The maximum atomic E-state index is 13.6. The number of urea groups is 1. The number of carbonyl (C=O) groups is 1. The van der Waals surface area contributed by atoms with Gasteiger partial charge in [-0.3, -0.25) is 4.90 Å². The minimum absolute atomic E-state index is 0.375. The average Bonchev–Trinajstić information content (AvgIpc) is 2.81. The van der Waals surface area contributed by atoms with Crippen LogP contribution in [-0.4, -0.2) is 17.5 Å². The van der Waals surface area contributed by atoms with Gasteiger partial charge in [-0.05, 0) is 43.2 Å². The molecule has 0 radical (unpaired) electrons. The number of nitrogens with one attached hydrogen (secondary N) is 1. The van der Waals surface area contributed by atoms with E-state index in [9.17, 15) is 22.4 Å². The van der Waals surface area contributed by atoms with Crippen LogP contribution in [0.3, 0.4) is 0 Å². The summed E-state index contributed by atoms with van der Waals surface area (Å²) in [4.78, 5) is 13.4. The molecule has 1 aliphatic rings. The lowest BCUT2D eigenvalue weighted by Gasteiger charge is -2.19. The summed E-state index contributed by atoms with van der Waals surface area (Å²) in [7, 11) is 0. The van der Waals surface area contributed by atoms with E-state index in [0.29, 0.717) is 36.9 Å². The lowest BCUT2D eigenvalue weighted by molar-refractivity contribution is -0.137. The molecule has 1 aromatic carbocycles. The van der Waals surface area contributed by atoms with Crippen LogP contribution in [0.25, 0.3) is 0 Å². The molecule has 22 heavy (non-hydrogen) atoms. The number of anilines is 1. The van der Waals surface area contributed by atoms with Crippen molar-refractivity contribution in [3.8, 4) is 0 Å². The fourth-order valence-electron chi connectivity index (χ4n) is 2.23. The van der Waals surface area contributed by atoms with Crippen LogP contribution >= 0.6 is 0 Å². The largest absolute Gasteiger partial charge is 0.416 e. The van der Waals surface area contributed by atoms with Crippen LogP contribution in [0.2, 0.25) is 0 Å². The minimum atomic E-state index is -4.61. The molecule has 1 heterocycles. The molecule has 0 aromatic heterocycles. The van der Waals surface area contributed by atoms with E-state index in [1.807, 2.05) is 6.92 Å². The Balaban J connectivity index is 2.24. The lowest BCUT2D eigenvalue weighted by atomic mass is 10.2. The summed E-state index contributed by atoms with van der Waals surface area (Å²) in [6, 6.07) is 1.19. The Labute approximate surface area is 124 Å². The van der Waals surface area contributed by atoms with E-state index in [1.165, 1.54) is 11.0 Å². The molecule has 3 nitrogen and oxygen atoms in total. The molecular weight excluding hydrogens is 300 g/mol. The van der Waals surface area contributed by atoms with Crippen molar-refractivity contribution in [1.82, 2.24) is 4.90 Å². The molecule has 1 N–H and O–H groups in total. The molecule has 0 saturated heterocycles. The van der Waals surface area contributed by atoms with Crippen molar-refractivity contribution in [3.05, 3.63) is 53.5 Å². The number of halogens is 4. The normalized spacial score (nSPS) is 15.2. The smallest absolute Gasteiger partial charge is 0.305 e. The summed E-state index contributed by atoms with van der Waals surface area (Å²) >= 11 is 0. The van der Waals surface area contributed by atoms with Crippen molar-refractivity contribution in [2.75, 3.05) is 11.9 Å². The zero-order valence-electron chi connectivity index (χ0n) is 11.8. The van der Waals surface area contributed by atoms with Crippen LogP contribution in [0.15, 0.2) is 42.1 Å². The van der Waals surface area contributed by atoms with Crippen molar-refractivity contribution in [1.29, 1.82) is 0 Å². The quantitative estimate of drug-likeness (QED) is 0.799. The fraction of sp³-hybridized carbons (Fsp3) is 0.267. The summed E-state index contributed by atoms with van der Waals surface area (Å²) in [5.41, 5.74) is -0.00590. The van der Waals surface area contributed by atoms with Crippen LogP contribution in [0, 0.1) is 5.82 Å². The Kier molecular flexibility index (Phi) is 4.25. The van der Waals surface area contributed by atoms with Gasteiger partial charge in [0, 0.05) is 12.2 Å². The number of benzene rings is 1. The molecule has 0 unspecified atom stereocenters. The molecule has 0 saturated carbocycles. The van der Waals surface area contributed by atoms with E-state index >= 15 is 0 Å². The number of hydrogen-bond donors (Lipinski definition) is 1. The van der Waals surface area contributed by atoms with Gasteiger partial charge in [-0.1, -0.05) is 6.58 Å². The molecule has 0 atom stereocenters. The highest BCUT2D eigenvalue weighted by Crippen LogP contribution is 2.32. The van der Waals surface area contributed by atoms with Gasteiger partial charge in [-0.15, -0.1) is 0 Å². The van der Waals surface area contributed by atoms with Crippen molar-refractivity contribution < 1.29 is 22.4 Å². The van der Waals surface area contributed by atoms with Gasteiger partial charge in [-0.25, -0.2) is 9.18 Å². The molecule has 0 spiro atoms. The highest BCUT2D eigenvalue weighted by Gasteiger charge is 2.32. The van der Waals surface area contributed by atoms with Gasteiger partial charge in [0.2, 0.25) is 0 Å². The first-order valence-corrected chi connectivity index (χ1v) is 6.51. The third-order valence-electron chi connectivity index (χ3n) is 3.41. The van der Waals surface area contributed by atoms with Gasteiger partial charge in [0.15, 0.2) is 0 Å². The number of alkyl halides is 3. The topological polar surface area (TPSA) is 32.3 Å². The van der Waals surface area contributed by atoms with Gasteiger partial charge in [-0.2, -0.15) is 13.2 Å². The molecule has 1 aliphatic heterocycles. The van der Waals surface area contributed by atoms with Gasteiger partial charge in [0.25, 0.3) is 0 Å². The number of rotatable bonds is 2. The first-order valence-electron chi connectivity index (χ1n) is 6.51. The van der Waals surface area contributed by atoms with E-state index in [1.54, 1.807) is 0 Å². The Morgan fingerprint density at radius 2 is 2.09 bits per heavy atom. The zero-order valence-corrected chi connectivity index (χ0v) is 11.8. The summed E-state index contributed by atoms with van der Waals surface area (Å²) in [6.45, 7) is 5.80.